The SMILES string of the molecule is C=CNCN(C)CCCCC1CC2CCC2C1. The van der Waals surface area contributed by atoms with E-state index in [-0.39, 0.29) is 0 Å². The highest BCUT2D eigenvalue weighted by Crippen LogP contribution is 2.50. The molecule has 17 heavy (non-hydrogen) atoms. The zero-order chi connectivity index (χ0) is 12.1. The van der Waals surface area contributed by atoms with E-state index >= 15 is 0 Å². The highest BCUT2D eigenvalue weighted by molar-refractivity contribution is 4.90. The molecular weight excluding hydrogens is 208 g/mol. The summed E-state index contributed by atoms with van der Waals surface area (Å²) in [5.74, 6) is 3.35. The van der Waals surface area contributed by atoms with Crippen molar-refractivity contribution in [2.24, 2.45) is 17.8 Å². The van der Waals surface area contributed by atoms with Crippen LogP contribution in [-0.4, -0.2) is 25.2 Å². The van der Waals surface area contributed by atoms with Gasteiger partial charge in [-0.05, 0) is 69.7 Å². The van der Waals surface area contributed by atoms with Gasteiger partial charge in [0.15, 0.2) is 0 Å². The highest BCUT2D eigenvalue weighted by Gasteiger charge is 2.39. The van der Waals surface area contributed by atoms with Crippen molar-refractivity contribution in [3.63, 3.8) is 0 Å². The fourth-order valence-electron chi connectivity index (χ4n) is 3.56. The van der Waals surface area contributed by atoms with E-state index in [1.54, 1.807) is 19.0 Å². The third-order valence-corrected chi connectivity index (χ3v) is 4.75. The molecule has 0 radical (unpaired) electrons. The summed E-state index contributed by atoms with van der Waals surface area (Å²) < 4.78 is 0. The van der Waals surface area contributed by atoms with Crippen LogP contribution in [0.3, 0.4) is 0 Å². The highest BCUT2D eigenvalue weighted by atomic mass is 15.2. The van der Waals surface area contributed by atoms with E-state index in [4.69, 9.17) is 0 Å². The van der Waals surface area contributed by atoms with Gasteiger partial charge in [-0.25, -0.2) is 0 Å². The van der Waals surface area contributed by atoms with E-state index < -0.39 is 0 Å². The van der Waals surface area contributed by atoms with Gasteiger partial charge >= 0.3 is 0 Å². The third-order valence-electron chi connectivity index (χ3n) is 4.75. The summed E-state index contributed by atoms with van der Waals surface area (Å²) >= 11 is 0. The summed E-state index contributed by atoms with van der Waals surface area (Å²) in [5, 5.41) is 3.14. The molecule has 2 heteroatoms. The van der Waals surface area contributed by atoms with Crippen LogP contribution >= 0.6 is 0 Å². The minimum absolute atomic E-state index is 0.928. The van der Waals surface area contributed by atoms with Crippen LogP contribution in [0, 0.1) is 17.8 Å². The van der Waals surface area contributed by atoms with Gasteiger partial charge in [-0.1, -0.05) is 19.4 Å². The topological polar surface area (TPSA) is 15.3 Å². The molecule has 0 amide bonds. The first kappa shape index (κ1) is 12.9. The van der Waals surface area contributed by atoms with E-state index in [0.29, 0.717) is 0 Å². The first-order valence-electron chi connectivity index (χ1n) is 7.32. The number of nitrogens with one attached hydrogen (secondary N) is 1. The van der Waals surface area contributed by atoms with Crippen LogP contribution in [0.4, 0.5) is 0 Å². The number of nitrogens with zero attached hydrogens (tertiary/aromatic N) is 1. The van der Waals surface area contributed by atoms with Crippen molar-refractivity contribution in [2.75, 3.05) is 20.3 Å². The van der Waals surface area contributed by atoms with Crippen molar-refractivity contribution in [1.29, 1.82) is 0 Å². The summed E-state index contributed by atoms with van der Waals surface area (Å²) in [6.45, 7) is 5.80. The molecule has 2 nitrogen and oxygen atoms in total. The van der Waals surface area contributed by atoms with Gasteiger partial charge in [-0.3, -0.25) is 4.90 Å². The van der Waals surface area contributed by atoms with Gasteiger partial charge < -0.3 is 5.32 Å². The van der Waals surface area contributed by atoms with Crippen LogP contribution in [-0.2, 0) is 0 Å². The maximum Gasteiger partial charge on any atom is 0.0670 e. The summed E-state index contributed by atoms with van der Waals surface area (Å²) in [6, 6.07) is 0. The fourth-order valence-corrected chi connectivity index (χ4v) is 3.56. The lowest BCUT2D eigenvalue weighted by Gasteiger charge is -2.29. The summed E-state index contributed by atoms with van der Waals surface area (Å²) in [4.78, 5) is 2.33. The monoisotopic (exact) mass is 236 g/mol. The molecule has 2 aliphatic carbocycles. The average molecular weight is 236 g/mol. The average Bonchev–Trinajstić information content (AvgIpc) is 2.58. The minimum atomic E-state index is 0.928. The summed E-state index contributed by atoms with van der Waals surface area (Å²) in [5.41, 5.74) is 0. The smallest absolute Gasteiger partial charge is 0.0670 e. The summed E-state index contributed by atoms with van der Waals surface area (Å²) in [6.07, 6.45) is 12.2. The van der Waals surface area contributed by atoms with Crippen LogP contribution in [0.1, 0.15) is 44.9 Å². The number of rotatable bonds is 8. The van der Waals surface area contributed by atoms with Crippen molar-refractivity contribution in [3.05, 3.63) is 12.8 Å². The second-order valence-corrected chi connectivity index (χ2v) is 6.08. The molecule has 0 aliphatic heterocycles. The predicted octanol–water partition coefficient (Wildman–Crippen LogP) is 3.22. The van der Waals surface area contributed by atoms with E-state index in [0.717, 1.165) is 24.4 Å². The number of hydrogen-bond acceptors (Lipinski definition) is 2. The standard InChI is InChI=1S/C15H28N2/c1-3-16-12-17(2)9-5-4-6-13-10-14-7-8-15(14)11-13/h3,13-16H,1,4-12H2,2H3. The second kappa shape index (κ2) is 6.44. The molecule has 1 N–H and O–H groups in total. The Labute approximate surface area is 106 Å². The lowest BCUT2D eigenvalue weighted by Crippen LogP contribution is -2.28. The van der Waals surface area contributed by atoms with Crippen molar-refractivity contribution in [1.82, 2.24) is 10.2 Å². The maximum atomic E-state index is 3.66. The van der Waals surface area contributed by atoms with Gasteiger partial charge in [0, 0.05) is 0 Å². The van der Waals surface area contributed by atoms with Crippen molar-refractivity contribution < 1.29 is 0 Å². The molecule has 0 aromatic rings. The lowest BCUT2D eigenvalue weighted by atomic mass is 9.77. The van der Waals surface area contributed by atoms with E-state index in [9.17, 15) is 0 Å². The van der Waals surface area contributed by atoms with Crippen LogP contribution in [0.15, 0.2) is 12.8 Å². The van der Waals surface area contributed by atoms with E-state index in [1.807, 2.05) is 0 Å². The molecule has 0 aromatic carbocycles. The molecule has 0 bridgehead atoms. The molecule has 98 valence electrons. The van der Waals surface area contributed by atoms with Crippen molar-refractivity contribution >= 4 is 0 Å². The zero-order valence-corrected chi connectivity index (χ0v) is 11.3. The van der Waals surface area contributed by atoms with E-state index in [2.05, 4.69) is 23.8 Å². The predicted molar refractivity (Wildman–Crippen MR) is 73.6 cm³/mol. The van der Waals surface area contributed by atoms with Crippen LogP contribution in [0.5, 0.6) is 0 Å². The van der Waals surface area contributed by atoms with Gasteiger partial charge in [0.2, 0.25) is 0 Å². The summed E-state index contributed by atoms with van der Waals surface area (Å²) in [7, 11) is 2.17. The maximum absolute atomic E-state index is 3.66. The van der Waals surface area contributed by atoms with Gasteiger partial charge in [-0.2, -0.15) is 0 Å². The molecule has 2 unspecified atom stereocenters. The molecule has 0 spiro atoms. The quantitative estimate of drug-likeness (QED) is 0.514. The molecule has 0 aromatic heterocycles. The largest absolute Gasteiger partial charge is 0.379 e. The molecule has 0 saturated heterocycles. The van der Waals surface area contributed by atoms with Crippen LogP contribution in [0.25, 0.3) is 0 Å². The molecule has 2 atom stereocenters. The normalized spacial score (nSPS) is 31.1. The van der Waals surface area contributed by atoms with Crippen LogP contribution < -0.4 is 5.32 Å². The Morgan fingerprint density at radius 3 is 2.53 bits per heavy atom. The molecule has 2 fully saturated rings. The lowest BCUT2D eigenvalue weighted by molar-refractivity contribution is 0.219. The molecular formula is C15H28N2. The fraction of sp³-hybridized carbons (Fsp3) is 0.867. The number of unbranched alkanes of at least 4 members (excludes halogenated alkanes) is 1. The van der Waals surface area contributed by atoms with Crippen LogP contribution in [0.2, 0.25) is 0 Å². The van der Waals surface area contributed by atoms with Gasteiger partial charge in [0.05, 0.1) is 6.67 Å². The molecule has 2 rings (SSSR count). The van der Waals surface area contributed by atoms with E-state index in [1.165, 1.54) is 38.6 Å². The number of hydrogen-bond donors (Lipinski definition) is 1. The van der Waals surface area contributed by atoms with Gasteiger partial charge in [0.1, 0.15) is 0 Å². The minimum Gasteiger partial charge on any atom is -0.379 e. The molecule has 2 saturated carbocycles. The molecule has 0 heterocycles. The Balaban J connectivity index is 1.47. The molecule has 2 aliphatic rings. The van der Waals surface area contributed by atoms with Gasteiger partial charge in [-0.15, -0.1) is 0 Å². The first-order chi connectivity index (χ1) is 8.29. The van der Waals surface area contributed by atoms with Crippen molar-refractivity contribution in [2.45, 2.75) is 44.9 Å². The third kappa shape index (κ3) is 3.74. The first-order valence-corrected chi connectivity index (χ1v) is 7.32. The van der Waals surface area contributed by atoms with Gasteiger partial charge in [0.25, 0.3) is 0 Å². The Morgan fingerprint density at radius 1 is 1.24 bits per heavy atom. The van der Waals surface area contributed by atoms with Crippen molar-refractivity contribution in [3.8, 4) is 0 Å². The Bertz CT molecular complexity index is 227. The Hall–Kier alpha value is -0.500. The zero-order valence-electron chi connectivity index (χ0n) is 11.3. The Morgan fingerprint density at radius 2 is 1.94 bits per heavy atom. The number of fused-ring (bicyclic) bond motifs is 1. The second-order valence-electron chi connectivity index (χ2n) is 6.08. The Kier molecular flexibility index (Phi) is 4.90.